The summed E-state index contributed by atoms with van der Waals surface area (Å²) in [6, 6.07) is 0. The Balaban J connectivity index is 2.21. The fourth-order valence-corrected chi connectivity index (χ4v) is 2.07. The average Bonchev–Trinajstić information content (AvgIpc) is 2.19. The minimum Gasteiger partial charge on any atom is -0.495 e. The zero-order valence-electron chi connectivity index (χ0n) is 8.16. The minimum absolute atomic E-state index is 0.392. The van der Waals surface area contributed by atoms with E-state index in [2.05, 4.69) is 6.92 Å². The second-order valence-electron chi connectivity index (χ2n) is 3.19. The van der Waals surface area contributed by atoms with Crippen molar-refractivity contribution < 1.29 is 9.84 Å². The molecule has 0 amide bonds. The zero-order chi connectivity index (χ0) is 9.52. The molecule has 1 N–H and O–H groups in total. The van der Waals surface area contributed by atoms with Crippen LogP contribution >= 0.6 is 11.8 Å². The van der Waals surface area contributed by atoms with E-state index >= 15 is 0 Å². The van der Waals surface area contributed by atoms with E-state index in [4.69, 9.17) is 4.74 Å². The Labute approximate surface area is 84.4 Å². The van der Waals surface area contributed by atoms with Crippen LogP contribution in [0, 0.1) is 0 Å². The van der Waals surface area contributed by atoms with Crippen molar-refractivity contribution in [2.24, 2.45) is 0 Å². The van der Waals surface area contributed by atoms with E-state index in [-0.39, 0.29) is 0 Å². The molecule has 0 saturated heterocycles. The number of hydrogen-bond acceptors (Lipinski definition) is 3. The van der Waals surface area contributed by atoms with Crippen molar-refractivity contribution in [2.75, 3.05) is 18.1 Å². The van der Waals surface area contributed by atoms with Crippen molar-refractivity contribution in [3.05, 3.63) is 11.8 Å². The van der Waals surface area contributed by atoms with Crippen molar-refractivity contribution in [3.8, 4) is 0 Å². The molecule has 0 aromatic rings. The second kappa shape index (κ2) is 6.33. The van der Waals surface area contributed by atoms with Gasteiger partial charge in [0, 0.05) is 5.75 Å². The van der Waals surface area contributed by atoms with Crippen LogP contribution in [0.1, 0.15) is 26.2 Å². The predicted octanol–water partition coefficient (Wildman–Crippen LogP) is 2.18. The molecule has 1 aliphatic rings. The first kappa shape index (κ1) is 10.9. The Morgan fingerprint density at radius 3 is 3.15 bits per heavy atom. The van der Waals surface area contributed by atoms with Gasteiger partial charge in [-0.15, -0.1) is 0 Å². The lowest BCUT2D eigenvalue weighted by molar-refractivity contribution is 0.104. The Hall–Kier alpha value is -0.150. The molecule has 0 saturated carbocycles. The molecule has 0 aromatic carbocycles. The first-order valence-electron chi connectivity index (χ1n) is 4.93. The van der Waals surface area contributed by atoms with Crippen molar-refractivity contribution in [2.45, 2.75) is 32.3 Å². The van der Waals surface area contributed by atoms with E-state index in [1.165, 1.54) is 0 Å². The molecule has 13 heavy (non-hydrogen) atoms. The third-order valence-corrected chi connectivity index (χ3v) is 3.16. The van der Waals surface area contributed by atoms with Gasteiger partial charge in [0.15, 0.2) is 0 Å². The van der Waals surface area contributed by atoms with Crippen LogP contribution in [0.3, 0.4) is 0 Å². The lowest BCUT2D eigenvalue weighted by Gasteiger charge is -2.19. The van der Waals surface area contributed by atoms with E-state index in [1.807, 2.05) is 6.08 Å². The summed E-state index contributed by atoms with van der Waals surface area (Å²) in [5.74, 6) is 2.67. The molecule has 1 unspecified atom stereocenters. The summed E-state index contributed by atoms with van der Waals surface area (Å²) >= 11 is 1.78. The molecule has 1 atom stereocenters. The van der Waals surface area contributed by atoms with Crippen LogP contribution in [0.15, 0.2) is 11.8 Å². The van der Waals surface area contributed by atoms with E-state index in [1.54, 1.807) is 11.8 Å². The molecule has 0 bridgehead atoms. The largest absolute Gasteiger partial charge is 0.495 e. The van der Waals surface area contributed by atoms with Crippen molar-refractivity contribution >= 4 is 11.8 Å². The van der Waals surface area contributed by atoms with Crippen LogP contribution in [-0.2, 0) is 4.74 Å². The Kier molecular flexibility index (Phi) is 5.32. The molecule has 3 heteroatoms. The first-order chi connectivity index (χ1) is 6.34. The highest BCUT2D eigenvalue weighted by Crippen LogP contribution is 2.17. The molecule has 0 aromatic heterocycles. The molecule has 1 aliphatic heterocycles. The molecular formula is C10H18O2S. The van der Waals surface area contributed by atoms with Gasteiger partial charge in [-0.3, -0.25) is 0 Å². The fourth-order valence-electron chi connectivity index (χ4n) is 1.23. The molecule has 1 rings (SSSR count). The highest BCUT2D eigenvalue weighted by molar-refractivity contribution is 7.99. The van der Waals surface area contributed by atoms with Gasteiger partial charge in [0.05, 0.1) is 6.61 Å². The topological polar surface area (TPSA) is 29.5 Å². The predicted molar refractivity (Wildman–Crippen MR) is 56.9 cm³/mol. The normalized spacial score (nSPS) is 19.1. The summed E-state index contributed by atoms with van der Waals surface area (Å²) < 4.78 is 5.37. The summed E-state index contributed by atoms with van der Waals surface area (Å²) in [4.78, 5) is 0. The molecular weight excluding hydrogens is 184 g/mol. The van der Waals surface area contributed by atoms with Gasteiger partial charge in [0.25, 0.3) is 0 Å². The lowest BCUT2D eigenvalue weighted by Crippen LogP contribution is -2.18. The smallest absolute Gasteiger partial charge is 0.121 e. The van der Waals surface area contributed by atoms with Crippen LogP contribution in [-0.4, -0.2) is 29.3 Å². The number of thioether (sulfide) groups is 1. The minimum atomic E-state index is -0.392. The van der Waals surface area contributed by atoms with Crippen LogP contribution in [0.25, 0.3) is 0 Å². The molecule has 0 aliphatic carbocycles. The first-order valence-corrected chi connectivity index (χ1v) is 6.08. The highest BCUT2D eigenvalue weighted by Gasteiger charge is 2.14. The maximum Gasteiger partial charge on any atom is 0.121 e. The number of rotatable bonds is 5. The quantitative estimate of drug-likeness (QED) is 0.693. The Morgan fingerprint density at radius 2 is 2.54 bits per heavy atom. The van der Waals surface area contributed by atoms with E-state index in [0.29, 0.717) is 0 Å². The summed E-state index contributed by atoms with van der Waals surface area (Å²) in [6.45, 7) is 2.91. The fraction of sp³-hybridized carbons (Fsp3) is 0.800. The van der Waals surface area contributed by atoms with Crippen LogP contribution in [0.4, 0.5) is 0 Å². The molecule has 1 heterocycles. The molecule has 0 spiro atoms. The van der Waals surface area contributed by atoms with Gasteiger partial charge in [-0.05, 0) is 31.1 Å². The van der Waals surface area contributed by atoms with Crippen molar-refractivity contribution in [1.82, 2.24) is 0 Å². The maximum absolute atomic E-state index is 9.69. The lowest BCUT2D eigenvalue weighted by atomic mass is 10.2. The Bertz CT molecular complexity index is 168. The number of aliphatic hydroxyl groups excluding tert-OH is 1. The summed E-state index contributed by atoms with van der Waals surface area (Å²) in [6.07, 6.45) is 4.91. The van der Waals surface area contributed by atoms with Gasteiger partial charge in [0.1, 0.15) is 11.9 Å². The highest BCUT2D eigenvalue weighted by atomic mass is 32.2. The van der Waals surface area contributed by atoms with Gasteiger partial charge in [-0.2, -0.15) is 11.8 Å². The number of hydrogen-bond donors (Lipinski definition) is 1. The monoisotopic (exact) mass is 202 g/mol. The maximum atomic E-state index is 9.69. The molecule has 2 nitrogen and oxygen atoms in total. The van der Waals surface area contributed by atoms with E-state index < -0.39 is 6.10 Å². The standard InChI is InChI=1S/C10H18O2S/c1-2-7-13-8-9(11)10-5-3-4-6-12-10/h5,9,11H,2-4,6-8H2,1H3. The van der Waals surface area contributed by atoms with Crippen molar-refractivity contribution in [3.63, 3.8) is 0 Å². The SMILES string of the molecule is CCCSCC(O)C1=CCCCO1. The van der Waals surface area contributed by atoms with E-state index in [0.717, 1.165) is 43.1 Å². The van der Waals surface area contributed by atoms with Crippen molar-refractivity contribution in [1.29, 1.82) is 0 Å². The van der Waals surface area contributed by atoms with Crippen LogP contribution < -0.4 is 0 Å². The number of allylic oxidation sites excluding steroid dienone is 1. The van der Waals surface area contributed by atoms with Gasteiger partial charge < -0.3 is 9.84 Å². The summed E-state index contributed by atoms with van der Waals surface area (Å²) in [7, 11) is 0. The molecule has 76 valence electrons. The third-order valence-electron chi connectivity index (χ3n) is 1.92. The summed E-state index contributed by atoms with van der Waals surface area (Å²) in [5.41, 5.74) is 0. The number of aliphatic hydroxyl groups is 1. The van der Waals surface area contributed by atoms with Crippen LogP contribution in [0.5, 0.6) is 0 Å². The third kappa shape index (κ3) is 4.05. The molecule has 0 radical (unpaired) electrons. The zero-order valence-corrected chi connectivity index (χ0v) is 8.98. The van der Waals surface area contributed by atoms with Crippen LogP contribution in [0.2, 0.25) is 0 Å². The van der Waals surface area contributed by atoms with Gasteiger partial charge in [-0.1, -0.05) is 6.92 Å². The second-order valence-corrected chi connectivity index (χ2v) is 4.34. The van der Waals surface area contributed by atoms with Gasteiger partial charge >= 0.3 is 0 Å². The Morgan fingerprint density at radius 1 is 1.69 bits per heavy atom. The molecule has 0 fully saturated rings. The van der Waals surface area contributed by atoms with Gasteiger partial charge in [0.2, 0.25) is 0 Å². The van der Waals surface area contributed by atoms with E-state index in [9.17, 15) is 5.11 Å². The number of ether oxygens (including phenoxy) is 1. The summed E-state index contributed by atoms with van der Waals surface area (Å²) in [5, 5.41) is 9.69. The average molecular weight is 202 g/mol. The van der Waals surface area contributed by atoms with Gasteiger partial charge in [-0.25, -0.2) is 0 Å².